The normalized spacial score (nSPS) is 11.0. The molecule has 0 radical (unpaired) electrons. The number of carbonyl (C=O) groups excluding carboxylic acids is 1. The van der Waals surface area contributed by atoms with Gasteiger partial charge in [-0.15, -0.1) is 12.4 Å². The Morgan fingerprint density at radius 3 is 2.78 bits per heavy atom. The third-order valence-corrected chi connectivity index (χ3v) is 3.35. The molecule has 0 fully saturated rings. The molecule has 0 bridgehead atoms. The molecule has 0 saturated heterocycles. The molecule has 5 nitrogen and oxygen atoms in total. The fraction of sp³-hybridized carbons (Fsp3) is 0.286. The number of amides is 1. The van der Waals surface area contributed by atoms with Crippen molar-refractivity contribution in [2.24, 2.45) is 5.73 Å². The molecule has 0 atom stereocenters. The third kappa shape index (κ3) is 4.63. The van der Waals surface area contributed by atoms with E-state index in [1.807, 2.05) is 0 Å². The van der Waals surface area contributed by atoms with Crippen LogP contribution in [0.3, 0.4) is 0 Å². The Bertz CT molecular complexity index is 691. The fourth-order valence-electron chi connectivity index (χ4n) is 1.88. The molecule has 1 aromatic heterocycles. The highest BCUT2D eigenvalue weighted by atomic mass is 35.5. The van der Waals surface area contributed by atoms with Gasteiger partial charge < -0.3 is 11.1 Å². The summed E-state index contributed by atoms with van der Waals surface area (Å²) < 4.78 is 27.7. The van der Waals surface area contributed by atoms with Crippen LogP contribution >= 0.6 is 24.0 Å². The molecule has 0 unspecified atom stereocenters. The molecule has 23 heavy (non-hydrogen) atoms. The third-order valence-electron chi connectivity index (χ3n) is 3.11. The Morgan fingerprint density at radius 1 is 1.48 bits per heavy atom. The van der Waals surface area contributed by atoms with Crippen molar-refractivity contribution in [1.82, 2.24) is 15.1 Å². The molecule has 1 aromatic carbocycles. The predicted octanol–water partition coefficient (Wildman–Crippen LogP) is 2.58. The van der Waals surface area contributed by atoms with E-state index in [4.69, 9.17) is 17.3 Å². The number of benzene rings is 1. The molecule has 9 heteroatoms. The smallest absolute Gasteiger partial charge is 0.277 e. The summed E-state index contributed by atoms with van der Waals surface area (Å²) in [6.07, 6.45) is 1.33. The second-order valence-corrected chi connectivity index (χ2v) is 5.21. The van der Waals surface area contributed by atoms with E-state index in [9.17, 15) is 13.6 Å². The Kier molecular flexibility index (Phi) is 6.49. The number of nitrogens with one attached hydrogen (secondary N) is 1. The van der Waals surface area contributed by atoms with Crippen LogP contribution < -0.4 is 11.1 Å². The lowest BCUT2D eigenvalue weighted by atomic mass is 10.2. The summed E-state index contributed by atoms with van der Waals surface area (Å²) >= 11 is 5.92. The van der Waals surface area contributed by atoms with Crippen LogP contribution in [-0.2, 0) is 0 Å². The van der Waals surface area contributed by atoms with Gasteiger partial charge in [-0.1, -0.05) is 17.7 Å². The zero-order valence-electron chi connectivity index (χ0n) is 12.2. The maximum atomic E-state index is 13.1. The Hall–Kier alpha value is -1.70. The van der Waals surface area contributed by atoms with E-state index in [1.165, 1.54) is 10.9 Å². The standard InChI is InChI=1S/C14H15ClF2N4O.ClH/c1-9-12(13(22)19-8-14(16,17)7-18)6-20-21(9)11-4-2-3-10(15)5-11;/h2-6H,7-8,18H2,1H3,(H,19,22);1H. The van der Waals surface area contributed by atoms with Crippen molar-refractivity contribution >= 4 is 29.9 Å². The molecule has 1 heterocycles. The molecule has 0 spiro atoms. The average Bonchev–Trinajstić information content (AvgIpc) is 2.87. The highest BCUT2D eigenvalue weighted by molar-refractivity contribution is 6.30. The van der Waals surface area contributed by atoms with Gasteiger partial charge in [0, 0.05) is 5.02 Å². The summed E-state index contributed by atoms with van der Waals surface area (Å²) in [5.74, 6) is -3.76. The SMILES string of the molecule is Cc1c(C(=O)NCC(F)(F)CN)cnn1-c1cccc(Cl)c1.Cl. The summed E-state index contributed by atoms with van der Waals surface area (Å²) in [6.45, 7) is 0.0298. The Balaban J connectivity index is 0.00000264. The predicted molar refractivity (Wildman–Crippen MR) is 86.9 cm³/mol. The number of aromatic nitrogens is 2. The number of nitrogens with two attached hydrogens (primary N) is 1. The molecule has 1 amide bonds. The van der Waals surface area contributed by atoms with Gasteiger partial charge in [-0.25, -0.2) is 13.5 Å². The molecular weight excluding hydrogens is 349 g/mol. The molecule has 2 aromatic rings. The van der Waals surface area contributed by atoms with Crippen LogP contribution in [0, 0.1) is 6.92 Å². The van der Waals surface area contributed by atoms with Gasteiger partial charge in [-0.05, 0) is 25.1 Å². The van der Waals surface area contributed by atoms with Crippen molar-refractivity contribution in [2.45, 2.75) is 12.8 Å². The first kappa shape index (κ1) is 19.3. The molecule has 3 N–H and O–H groups in total. The van der Waals surface area contributed by atoms with Gasteiger partial charge in [0.05, 0.1) is 36.2 Å². The van der Waals surface area contributed by atoms with Crippen molar-refractivity contribution in [3.05, 3.63) is 46.7 Å². The minimum atomic E-state index is -3.13. The van der Waals surface area contributed by atoms with Crippen molar-refractivity contribution < 1.29 is 13.6 Å². The Labute approximate surface area is 143 Å². The Morgan fingerprint density at radius 2 is 2.17 bits per heavy atom. The number of rotatable bonds is 5. The van der Waals surface area contributed by atoms with Gasteiger partial charge in [-0.2, -0.15) is 5.10 Å². The van der Waals surface area contributed by atoms with Crippen LogP contribution in [0.15, 0.2) is 30.5 Å². The molecule has 2 rings (SSSR count). The number of hydrogen-bond acceptors (Lipinski definition) is 3. The first-order valence-corrected chi connectivity index (χ1v) is 6.88. The molecule has 0 saturated carbocycles. The van der Waals surface area contributed by atoms with E-state index in [-0.39, 0.29) is 18.0 Å². The van der Waals surface area contributed by atoms with Gasteiger partial charge >= 0.3 is 0 Å². The lowest BCUT2D eigenvalue weighted by Crippen LogP contribution is -2.41. The molecule has 0 aliphatic heterocycles. The van der Waals surface area contributed by atoms with Crippen molar-refractivity contribution in [3.63, 3.8) is 0 Å². The van der Waals surface area contributed by atoms with E-state index in [1.54, 1.807) is 31.2 Å². The van der Waals surface area contributed by atoms with E-state index in [0.29, 0.717) is 16.4 Å². The topological polar surface area (TPSA) is 72.9 Å². The van der Waals surface area contributed by atoms with Crippen LogP contribution in [0.2, 0.25) is 5.02 Å². The van der Waals surface area contributed by atoms with Crippen molar-refractivity contribution in [3.8, 4) is 5.69 Å². The van der Waals surface area contributed by atoms with E-state index in [0.717, 1.165) is 0 Å². The van der Waals surface area contributed by atoms with Crippen molar-refractivity contribution in [1.29, 1.82) is 0 Å². The fourth-order valence-corrected chi connectivity index (χ4v) is 2.06. The van der Waals surface area contributed by atoms with Gasteiger partial charge in [-0.3, -0.25) is 4.79 Å². The lowest BCUT2D eigenvalue weighted by Gasteiger charge is -2.14. The number of carbonyl (C=O) groups is 1. The lowest BCUT2D eigenvalue weighted by molar-refractivity contribution is 0.0118. The molecular formula is C14H16Cl2F2N4O. The minimum Gasteiger partial charge on any atom is -0.346 e. The summed E-state index contributed by atoms with van der Waals surface area (Å²) in [4.78, 5) is 12.0. The summed E-state index contributed by atoms with van der Waals surface area (Å²) in [7, 11) is 0. The summed E-state index contributed by atoms with van der Waals surface area (Å²) in [5, 5.41) is 6.79. The maximum absolute atomic E-state index is 13.1. The van der Waals surface area contributed by atoms with Gasteiger partial charge in [0.15, 0.2) is 0 Å². The second kappa shape index (κ2) is 7.72. The highest BCUT2D eigenvalue weighted by Crippen LogP contribution is 2.18. The zero-order chi connectivity index (χ0) is 16.3. The van der Waals surface area contributed by atoms with Crippen LogP contribution in [-0.4, -0.2) is 34.7 Å². The number of hydrogen-bond donors (Lipinski definition) is 2. The van der Waals surface area contributed by atoms with Gasteiger partial charge in [0.1, 0.15) is 0 Å². The first-order chi connectivity index (χ1) is 10.3. The van der Waals surface area contributed by atoms with Crippen LogP contribution in [0.5, 0.6) is 0 Å². The van der Waals surface area contributed by atoms with Gasteiger partial charge in [0.25, 0.3) is 11.8 Å². The van der Waals surface area contributed by atoms with Crippen LogP contribution in [0.4, 0.5) is 8.78 Å². The largest absolute Gasteiger partial charge is 0.346 e. The average molecular weight is 365 g/mol. The van der Waals surface area contributed by atoms with E-state index in [2.05, 4.69) is 10.4 Å². The first-order valence-electron chi connectivity index (χ1n) is 6.51. The zero-order valence-corrected chi connectivity index (χ0v) is 13.8. The maximum Gasteiger partial charge on any atom is 0.277 e. The monoisotopic (exact) mass is 364 g/mol. The van der Waals surface area contributed by atoms with E-state index < -0.39 is 24.9 Å². The number of halogens is 4. The highest BCUT2D eigenvalue weighted by Gasteiger charge is 2.28. The van der Waals surface area contributed by atoms with Crippen LogP contribution in [0.1, 0.15) is 16.1 Å². The molecule has 126 valence electrons. The summed E-state index contributed by atoms with van der Waals surface area (Å²) in [5.41, 5.74) is 6.34. The second-order valence-electron chi connectivity index (χ2n) is 4.78. The number of nitrogens with zero attached hydrogens (tertiary/aromatic N) is 2. The van der Waals surface area contributed by atoms with Gasteiger partial charge in [0.2, 0.25) is 0 Å². The van der Waals surface area contributed by atoms with Crippen LogP contribution in [0.25, 0.3) is 5.69 Å². The molecule has 0 aliphatic rings. The van der Waals surface area contributed by atoms with Crippen molar-refractivity contribution in [2.75, 3.05) is 13.1 Å². The quantitative estimate of drug-likeness (QED) is 0.856. The minimum absolute atomic E-state index is 0. The molecule has 0 aliphatic carbocycles. The number of alkyl halides is 2. The summed E-state index contributed by atoms with van der Waals surface area (Å²) in [6, 6.07) is 6.93. The van der Waals surface area contributed by atoms with E-state index >= 15 is 0 Å².